The highest BCUT2D eigenvalue weighted by molar-refractivity contribution is 5.99. The summed E-state index contributed by atoms with van der Waals surface area (Å²) >= 11 is 0. The van der Waals surface area contributed by atoms with Gasteiger partial charge in [-0.1, -0.05) is 19.9 Å². The summed E-state index contributed by atoms with van der Waals surface area (Å²) in [7, 11) is 0. The zero-order chi connectivity index (χ0) is 23.2. The molecule has 0 bridgehead atoms. The van der Waals surface area contributed by atoms with Crippen LogP contribution in [0.25, 0.3) is 0 Å². The van der Waals surface area contributed by atoms with Crippen LogP contribution in [0.15, 0.2) is 36.4 Å². The highest BCUT2D eigenvalue weighted by Crippen LogP contribution is 2.42. The number of hydrogen-bond donors (Lipinski definition) is 3. The highest BCUT2D eigenvalue weighted by Gasteiger charge is 2.61. The quantitative estimate of drug-likeness (QED) is 0.485. The molecule has 0 saturated carbocycles. The number of phenols is 1. The normalized spacial score (nSPS) is 15.8. The molecule has 0 fully saturated rings. The average molecular weight is 441 g/mol. The number of aliphatic hydroxyl groups is 1. The molecular weight excluding hydrogens is 422 g/mol. The van der Waals surface area contributed by atoms with Gasteiger partial charge in [-0.25, -0.2) is 9.18 Å². The third kappa shape index (κ3) is 4.20. The predicted molar refractivity (Wildman–Crippen MR) is 101 cm³/mol. The van der Waals surface area contributed by atoms with Crippen molar-refractivity contribution in [2.24, 2.45) is 0 Å². The lowest BCUT2D eigenvalue weighted by molar-refractivity contribution is -0.254. The zero-order valence-corrected chi connectivity index (χ0v) is 16.5. The number of halogens is 4. The number of amides is 1. The Labute approximate surface area is 174 Å². The van der Waals surface area contributed by atoms with Crippen LogP contribution in [0.5, 0.6) is 5.75 Å². The molecule has 10 heteroatoms. The second-order valence-corrected chi connectivity index (χ2v) is 7.99. The monoisotopic (exact) mass is 441 g/mol. The fourth-order valence-electron chi connectivity index (χ4n) is 3.42. The van der Waals surface area contributed by atoms with Gasteiger partial charge in [0.05, 0.1) is 5.56 Å². The molecule has 0 aromatic heterocycles. The minimum atomic E-state index is -5.35. The van der Waals surface area contributed by atoms with Crippen LogP contribution in [0.3, 0.4) is 0 Å². The van der Waals surface area contributed by atoms with E-state index in [0.717, 1.165) is 12.1 Å². The van der Waals surface area contributed by atoms with E-state index in [-0.39, 0.29) is 23.4 Å². The predicted octanol–water partition coefficient (Wildman–Crippen LogP) is 3.80. The van der Waals surface area contributed by atoms with Gasteiger partial charge in [-0.3, -0.25) is 4.79 Å². The minimum absolute atomic E-state index is 0.0477. The maximum absolute atomic E-state index is 13.8. The highest BCUT2D eigenvalue weighted by atomic mass is 19.4. The van der Waals surface area contributed by atoms with Gasteiger partial charge in [0.1, 0.15) is 6.61 Å². The third-order valence-corrected chi connectivity index (χ3v) is 5.21. The average Bonchev–Trinajstić information content (AvgIpc) is 3.02. The molecule has 166 valence electrons. The number of hydrogen-bond acceptors (Lipinski definition) is 5. The Morgan fingerprint density at radius 2 is 1.84 bits per heavy atom. The molecule has 1 atom stereocenters. The van der Waals surface area contributed by atoms with Crippen molar-refractivity contribution in [3.05, 3.63) is 58.9 Å². The number of aromatic hydroxyl groups is 1. The Morgan fingerprint density at radius 3 is 2.45 bits per heavy atom. The molecule has 1 aliphatic rings. The summed E-state index contributed by atoms with van der Waals surface area (Å²) in [6.07, 6.45) is -6.47. The van der Waals surface area contributed by atoms with Crippen LogP contribution in [0, 0.1) is 5.82 Å². The maximum Gasteiger partial charge on any atom is 0.426 e. The first-order valence-electron chi connectivity index (χ1n) is 9.14. The van der Waals surface area contributed by atoms with Crippen molar-refractivity contribution in [1.82, 2.24) is 0 Å². The van der Waals surface area contributed by atoms with E-state index in [1.807, 2.05) is 5.32 Å². The number of carbonyl (C=O) groups is 2. The smallest absolute Gasteiger partial charge is 0.426 e. The molecule has 1 aliphatic heterocycles. The summed E-state index contributed by atoms with van der Waals surface area (Å²) in [5, 5.41) is 21.8. The van der Waals surface area contributed by atoms with Gasteiger partial charge in [0.2, 0.25) is 5.60 Å². The Morgan fingerprint density at radius 1 is 1.16 bits per heavy atom. The topological polar surface area (TPSA) is 95.9 Å². The molecule has 0 radical (unpaired) electrons. The number of rotatable bonds is 5. The van der Waals surface area contributed by atoms with Gasteiger partial charge >= 0.3 is 12.1 Å². The van der Waals surface area contributed by atoms with Crippen LogP contribution >= 0.6 is 0 Å². The maximum atomic E-state index is 13.8. The van der Waals surface area contributed by atoms with Crippen LogP contribution < -0.4 is 5.32 Å². The van der Waals surface area contributed by atoms with Crippen LogP contribution in [-0.2, 0) is 21.6 Å². The number of esters is 1. The van der Waals surface area contributed by atoms with Crippen LogP contribution in [0.2, 0.25) is 0 Å². The molecule has 2 aromatic rings. The fourth-order valence-corrected chi connectivity index (χ4v) is 3.42. The number of benzene rings is 2. The Bertz CT molecular complexity index is 1050. The van der Waals surface area contributed by atoms with Crippen molar-refractivity contribution in [2.45, 2.75) is 44.1 Å². The third-order valence-electron chi connectivity index (χ3n) is 5.21. The molecule has 3 N–H and O–H groups in total. The molecule has 1 unspecified atom stereocenters. The van der Waals surface area contributed by atoms with Crippen molar-refractivity contribution in [3.63, 3.8) is 0 Å². The number of nitrogens with one attached hydrogen (secondary N) is 1. The standard InChI is InChI=1S/C21H19F4NO5/c1-19(2,12-3-6-16(27)15(22)8-12)10-20(30,21(23,24)25)18(29)26-13-4-5-14-11(7-13)9-31-17(14)28/h3-8,27,30H,9-10H2,1-2H3,(H,26,29). The first-order chi connectivity index (χ1) is 14.2. The van der Waals surface area contributed by atoms with Gasteiger partial charge in [0.25, 0.3) is 5.91 Å². The Kier molecular flexibility index (Phi) is 5.47. The van der Waals surface area contributed by atoms with Gasteiger partial charge in [-0.05, 0) is 41.3 Å². The van der Waals surface area contributed by atoms with E-state index >= 15 is 0 Å². The van der Waals surface area contributed by atoms with Gasteiger partial charge in [-0.2, -0.15) is 13.2 Å². The first-order valence-corrected chi connectivity index (χ1v) is 9.14. The van der Waals surface area contributed by atoms with Gasteiger partial charge in [0.15, 0.2) is 11.6 Å². The van der Waals surface area contributed by atoms with Gasteiger partial charge < -0.3 is 20.3 Å². The summed E-state index contributed by atoms with van der Waals surface area (Å²) in [6, 6.07) is 6.85. The molecule has 0 saturated heterocycles. The summed E-state index contributed by atoms with van der Waals surface area (Å²) in [5.41, 5.74) is -4.70. The lowest BCUT2D eigenvalue weighted by Gasteiger charge is -2.36. The second kappa shape index (κ2) is 7.52. The summed E-state index contributed by atoms with van der Waals surface area (Å²) in [4.78, 5) is 24.1. The molecule has 0 aliphatic carbocycles. The molecule has 1 amide bonds. The number of ether oxygens (including phenoxy) is 1. The second-order valence-electron chi connectivity index (χ2n) is 7.99. The van der Waals surface area contributed by atoms with Crippen molar-refractivity contribution >= 4 is 17.6 Å². The number of cyclic esters (lactones) is 1. The van der Waals surface area contributed by atoms with Crippen molar-refractivity contribution in [3.8, 4) is 5.75 Å². The Balaban J connectivity index is 1.90. The lowest BCUT2D eigenvalue weighted by Crippen LogP contribution is -2.57. The summed E-state index contributed by atoms with van der Waals surface area (Å²) in [6.45, 7) is 2.53. The van der Waals surface area contributed by atoms with E-state index in [1.165, 1.54) is 38.1 Å². The van der Waals surface area contributed by atoms with Crippen LogP contribution in [0.1, 0.15) is 41.8 Å². The number of alkyl halides is 3. The number of phenolic OH excluding ortho intramolecular Hbond substituents is 1. The molecular formula is C21H19F4NO5. The molecule has 3 rings (SSSR count). The van der Waals surface area contributed by atoms with E-state index in [1.54, 1.807) is 0 Å². The van der Waals surface area contributed by atoms with E-state index in [0.29, 0.717) is 5.56 Å². The minimum Gasteiger partial charge on any atom is -0.505 e. The van der Waals surface area contributed by atoms with Gasteiger partial charge in [0, 0.05) is 17.7 Å². The number of fused-ring (bicyclic) bond motifs is 1. The van der Waals surface area contributed by atoms with Gasteiger partial charge in [-0.15, -0.1) is 0 Å². The van der Waals surface area contributed by atoms with Crippen LogP contribution in [-0.4, -0.2) is 33.9 Å². The van der Waals surface area contributed by atoms with Crippen molar-refractivity contribution in [1.29, 1.82) is 0 Å². The first kappa shape index (κ1) is 22.5. The largest absolute Gasteiger partial charge is 0.505 e. The number of anilines is 1. The summed E-state index contributed by atoms with van der Waals surface area (Å²) < 4.78 is 60.0. The van der Waals surface area contributed by atoms with E-state index in [2.05, 4.69) is 0 Å². The van der Waals surface area contributed by atoms with E-state index < -0.39 is 47.1 Å². The Hall–Kier alpha value is -3.14. The lowest BCUT2D eigenvalue weighted by atomic mass is 9.74. The molecule has 6 nitrogen and oxygen atoms in total. The number of carbonyl (C=O) groups excluding carboxylic acids is 2. The SMILES string of the molecule is CC(C)(CC(O)(C(=O)Nc1ccc2c(c1)COC2=O)C(F)(F)F)c1ccc(O)c(F)c1. The molecule has 1 heterocycles. The summed E-state index contributed by atoms with van der Waals surface area (Å²) in [5.74, 6) is -4.03. The van der Waals surface area contributed by atoms with E-state index in [4.69, 9.17) is 4.74 Å². The van der Waals surface area contributed by atoms with Crippen molar-refractivity contribution in [2.75, 3.05) is 5.32 Å². The van der Waals surface area contributed by atoms with E-state index in [9.17, 15) is 37.4 Å². The van der Waals surface area contributed by atoms with Crippen molar-refractivity contribution < 1.29 is 42.1 Å². The fraction of sp³-hybridized carbons (Fsp3) is 0.333. The molecule has 0 spiro atoms. The van der Waals surface area contributed by atoms with Crippen LogP contribution in [0.4, 0.5) is 23.2 Å². The molecule has 2 aromatic carbocycles. The zero-order valence-electron chi connectivity index (χ0n) is 16.5. The molecule has 31 heavy (non-hydrogen) atoms.